The molecular weight excluding hydrogens is 252 g/mol. The number of amides is 1. The smallest absolute Gasteiger partial charge is 0.227 e. The van der Waals surface area contributed by atoms with Crippen LogP contribution in [0.25, 0.3) is 0 Å². The molecule has 0 spiro atoms. The van der Waals surface area contributed by atoms with E-state index in [1.807, 2.05) is 29.2 Å². The number of nitrogens with two attached hydrogens (primary N) is 1. The molecule has 1 aliphatic heterocycles. The molecule has 2 atom stereocenters. The topological polar surface area (TPSA) is 55.6 Å². The number of carbonyl (C=O) groups is 1. The van der Waals surface area contributed by atoms with Gasteiger partial charge in [0.15, 0.2) is 0 Å². The van der Waals surface area contributed by atoms with Crippen molar-refractivity contribution in [2.24, 2.45) is 17.6 Å². The molecule has 110 valence electrons. The summed E-state index contributed by atoms with van der Waals surface area (Å²) in [6.07, 6.45) is 1.48. The summed E-state index contributed by atoms with van der Waals surface area (Å²) < 4.78 is 5.19. The number of benzene rings is 1. The largest absolute Gasteiger partial charge is 0.497 e. The van der Waals surface area contributed by atoms with Gasteiger partial charge in [0.1, 0.15) is 5.75 Å². The summed E-state index contributed by atoms with van der Waals surface area (Å²) in [5.41, 5.74) is 6.79. The number of hydrogen-bond acceptors (Lipinski definition) is 3. The Morgan fingerprint density at radius 2 is 2.30 bits per heavy atom. The van der Waals surface area contributed by atoms with Crippen LogP contribution in [0.3, 0.4) is 0 Å². The molecule has 4 heteroatoms. The molecule has 20 heavy (non-hydrogen) atoms. The highest BCUT2D eigenvalue weighted by atomic mass is 16.5. The van der Waals surface area contributed by atoms with Gasteiger partial charge in [-0.05, 0) is 42.5 Å². The van der Waals surface area contributed by atoms with Crippen molar-refractivity contribution in [3.05, 3.63) is 29.8 Å². The van der Waals surface area contributed by atoms with Crippen molar-refractivity contribution >= 4 is 5.91 Å². The van der Waals surface area contributed by atoms with Gasteiger partial charge in [-0.1, -0.05) is 19.1 Å². The zero-order valence-corrected chi connectivity index (χ0v) is 12.3. The van der Waals surface area contributed by atoms with Crippen LogP contribution in [-0.4, -0.2) is 37.6 Å². The average molecular weight is 276 g/mol. The molecule has 1 fully saturated rings. The lowest BCUT2D eigenvalue weighted by molar-refractivity contribution is -0.132. The third kappa shape index (κ3) is 3.51. The second kappa shape index (κ2) is 6.75. The molecule has 2 unspecified atom stereocenters. The lowest BCUT2D eigenvalue weighted by Crippen LogP contribution is -2.46. The number of likely N-dealkylation sites (tertiary alicyclic amines) is 1. The Kier molecular flexibility index (Phi) is 5.01. The van der Waals surface area contributed by atoms with Crippen LogP contribution >= 0.6 is 0 Å². The first-order valence-corrected chi connectivity index (χ1v) is 7.24. The number of methoxy groups -OCH3 is 1. The average Bonchev–Trinajstić information content (AvgIpc) is 2.47. The first kappa shape index (κ1) is 14.9. The van der Waals surface area contributed by atoms with Crippen molar-refractivity contribution < 1.29 is 9.53 Å². The lowest BCUT2D eigenvalue weighted by Gasteiger charge is -2.36. The van der Waals surface area contributed by atoms with Gasteiger partial charge in [-0.25, -0.2) is 0 Å². The van der Waals surface area contributed by atoms with Crippen LogP contribution in [0, 0.1) is 11.8 Å². The van der Waals surface area contributed by atoms with Crippen molar-refractivity contribution in [1.82, 2.24) is 4.90 Å². The summed E-state index contributed by atoms with van der Waals surface area (Å²) in [6, 6.07) is 7.70. The Bertz CT molecular complexity index is 462. The Morgan fingerprint density at radius 3 is 3.00 bits per heavy atom. The SMILES string of the molecule is COc1cccc(CC(=O)N2CCC(C)C(CN)C2)c1. The fourth-order valence-corrected chi connectivity index (χ4v) is 2.75. The number of piperidine rings is 1. The van der Waals surface area contributed by atoms with E-state index in [1.165, 1.54) is 0 Å². The van der Waals surface area contributed by atoms with E-state index in [-0.39, 0.29) is 5.91 Å². The van der Waals surface area contributed by atoms with E-state index >= 15 is 0 Å². The van der Waals surface area contributed by atoms with Gasteiger partial charge >= 0.3 is 0 Å². The summed E-state index contributed by atoms with van der Waals surface area (Å²) in [4.78, 5) is 14.3. The van der Waals surface area contributed by atoms with Crippen molar-refractivity contribution in [2.75, 3.05) is 26.7 Å². The molecule has 0 saturated carbocycles. The van der Waals surface area contributed by atoms with Crippen molar-refractivity contribution in [3.63, 3.8) is 0 Å². The normalized spacial score (nSPS) is 22.6. The van der Waals surface area contributed by atoms with Crippen LogP contribution in [-0.2, 0) is 11.2 Å². The summed E-state index contributed by atoms with van der Waals surface area (Å²) in [5.74, 6) is 2.02. The molecule has 2 N–H and O–H groups in total. The highest BCUT2D eigenvalue weighted by Gasteiger charge is 2.27. The zero-order chi connectivity index (χ0) is 14.5. The molecule has 1 aliphatic rings. The standard InChI is InChI=1S/C16H24N2O2/c1-12-6-7-18(11-14(12)10-17)16(19)9-13-4-3-5-15(8-13)20-2/h3-5,8,12,14H,6-7,9-11,17H2,1-2H3. The molecule has 1 saturated heterocycles. The van der Waals surface area contributed by atoms with E-state index in [1.54, 1.807) is 7.11 Å². The minimum atomic E-state index is 0.184. The summed E-state index contributed by atoms with van der Waals surface area (Å²) in [6.45, 7) is 4.52. The molecular formula is C16H24N2O2. The van der Waals surface area contributed by atoms with Crippen molar-refractivity contribution in [1.29, 1.82) is 0 Å². The van der Waals surface area contributed by atoms with Gasteiger partial charge in [-0.3, -0.25) is 4.79 Å². The van der Waals surface area contributed by atoms with E-state index in [0.717, 1.165) is 30.8 Å². The third-order valence-electron chi connectivity index (χ3n) is 4.26. The van der Waals surface area contributed by atoms with E-state index in [4.69, 9.17) is 10.5 Å². The first-order valence-electron chi connectivity index (χ1n) is 7.24. The fraction of sp³-hybridized carbons (Fsp3) is 0.562. The van der Waals surface area contributed by atoms with E-state index < -0.39 is 0 Å². The molecule has 0 aromatic heterocycles. The Hall–Kier alpha value is -1.55. The second-order valence-corrected chi connectivity index (χ2v) is 5.63. The second-order valence-electron chi connectivity index (χ2n) is 5.63. The predicted octanol–water partition coefficient (Wildman–Crippen LogP) is 1.68. The highest BCUT2D eigenvalue weighted by molar-refractivity contribution is 5.79. The third-order valence-corrected chi connectivity index (χ3v) is 4.26. The minimum absolute atomic E-state index is 0.184. The summed E-state index contributed by atoms with van der Waals surface area (Å²) in [5, 5.41) is 0. The fourth-order valence-electron chi connectivity index (χ4n) is 2.75. The molecule has 4 nitrogen and oxygen atoms in total. The summed E-state index contributed by atoms with van der Waals surface area (Å²) >= 11 is 0. The maximum Gasteiger partial charge on any atom is 0.227 e. The Morgan fingerprint density at radius 1 is 1.50 bits per heavy atom. The van der Waals surface area contributed by atoms with Crippen molar-refractivity contribution in [3.8, 4) is 5.75 Å². The molecule has 1 heterocycles. The van der Waals surface area contributed by atoms with Gasteiger partial charge in [-0.15, -0.1) is 0 Å². The molecule has 1 amide bonds. The predicted molar refractivity (Wildman–Crippen MR) is 79.6 cm³/mol. The summed E-state index contributed by atoms with van der Waals surface area (Å²) in [7, 11) is 1.64. The molecule has 0 aliphatic carbocycles. The number of carbonyl (C=O) groups excluding carboxylic acids is 1. The van der Waals surface area contributed by atoms with E-state index in [2.05, 4.69) is 6.92 Å². The number of hydrogen-bond donors (Lipinski definition) is 1. The number of rotatable bonds is 4. The maximum atomic E-state index is 12.4. The van der Waals surface area contributed by atoms with Gasteiger partial charge in [-0.2, -0.15) is 0 Å². The van der Waals surface area contributed by atoms with Gasteiger partial charge in [0.2, 0.25) is 5.91 Å². The number of nitrogens with zero attached hydrogens (tertiary/aromatic N) is 1. The van der Waals surface area contributed by atoms with Crippen LogP contribution in [0.15, 0.2) is 24.3 Å². The van der Waals surface area contributed by atoms with Crippen LogP contribution in [0.2, 0.25) is 0 Å². The quantitative estimate of drug-likeness (QED) is 0.910. The Labute approximate surface area is 120 Å². The van der Waals surface area contributed by atoms with Gasteiger partial charge in [0.25, 0.3) is 0 Å². The highest BCUT2D eigenvalue weighted by Crippen LogP contribution is 2.23. The van der Waals surface area contributed by atoms with Crippen molar-refractivity contribution in [2.45, 2.75) is 19.8 Å². The van der Waals surface area contributed by atoms with Crippen LogP contribution in [0.5, 0.6) is 5.75 Å². The molecule has 0 bridgehead atoms. The monoisotopic (exact) mass is 276 g/mol. The molecule has 1 aromatic carbocycles. The minimum Gasteiger partial charge on any atom is -0.497 e. The van der Waals surface area contributed by atoms with Crippen LogP contribution < -0.4 is 10.5 Å². The molecule has 2 rings (SSSR count). The van der Waals surface area contributed by atoms with E-state index in [9.17, 15) is 4.79 Å². The lowest BCUT2D eigenvalue weighted by atomic mass is 9.87. The molecule has 0 radical (unpaired) electrons. The first-order chi connectivity index (χ1) is 9.63. The van der Waals surface area contributed by atoms with Gasteiger partial charge in [0, 0.05) is 13.1 Å². The molecule has 1 aromatic rings. The van der Waals surface area contributed by atoms with Gasteiger partial charge < -0.3 is 15.4 Å². The van der Waals surface area contributed by atoms with Crippen LogP contribution in [0.1, 0.15) is 18.9 Å². The van der Waals surface area contributed by atoms with Gasteiger partial charge in [0.05, 0.1) is 13.5 Å². The zero-order valence-electron chi connectivity index (χ0n) is 12.3. The van der Waals surface area contributed by atoms with E-state index in [0.29, 0.717) is 24.8 Å². The van der Waals surface area contributed by atoms with Crippen LogP contribution in [0.4, 0.5) is 0 Å². The Balaban J connectivity index is 1.97. The maximum absolute atomic E-state index is 12.4. The number of ether oxygens (including phenoxy) is 1.